The second-order valence-electron chi connectivity index (χ2n) is 9.15. The molecule has 4 aromatic rings. The average molecular weight is 528 g/mol. The minimum absolute atomic E-state index is 0.147. The number of aliphatic carboxylic acids is 1. The van der Waals surface area contributed by atoms with Gasteiger partial charge in [0.25, 0.3) is 0 Å². The first-order valence-electron chi connectivity index (χ1n) is 12.3. The Hall–Kier alpha value is -4.23. The number of carboxylic acid groups (broad SMARTS) is 1. The molecule has 8 heteroatoms. The number of aryl methyl sites for hydroxylation is 1. The van der Waals surface area contributed by atoms with Crippen LogP contribution in [-0.2, 0) is 9.59 Å². The SMILES string of the molecule is COc1cccc([C@H]2CC(c3c(C)nc4ccccc4c3-c3ccc(Cl)cc3)=NN2C(=O)CCC(=O)O)c1. The van der Waals surface area contributed by atoms with Gasteiger partial charge >= 0.3 is 5.97 Å². The molecule has 0 bridgehead atoms. The van der Waals surface area contributed by atoms with E-state index in [4.69, 9.17) is 31.5 Å². The molecule has 1 atom stereocenters. The zero-order chi connectivity index (χ0) is 26.8. The van der Waals surface area contributed by atoms with E-state index in [1.165, 1.54) is 5.01 Å². The first-order chi connectivity index (χ1) is 18.4. The molecule has 0 unspecified atom stereocenters. The van der Waals surface area contributed by atoms with Gasteiger partial charge in [-0.15, -0.1) is 0 Å². The second-order valence-corrected chi connectivity index (χ2v) is 9.58. The van der Waals surface area contributed by atoms with Crippen molar-refractivity contribution in [1.82, 2.24) is 9.99 Å². The molecule has 1 aliphatic heterocycles. The number of methoxy groups -OCH3 is 1. The predicted octanol–water partition coefficient (Wildman–Crippen LogP) is 6.41. The van der Waals surface area contributed by atoms with Crippen molar-refractivity contribution >= 4 is 40.1 Å². The monoisotopic (exact) mass is 527 g/mol. The molecular weight excluding hydrogens is 502 g/mol. The van der Waals surface area contributed by atoms with Crippen LogP contribution < -0.4 is 4.74 Å². The predicted molar refractivity (Wildman–Crippen MR) is 148 cm³/mol. The zero-order valence-electron chi connectivity index (χ0n) is 21.0. The summed E-state index contributed by atoms with van der Waals surface area (Å²) in [7, 11) is 1.59. The third-order valence-electron chi connectivity index (χ3n) is 6.69. The number of carbonyl (C=O) groups is 2. The van der Waals surface area contributed by atoms with E-state index in [2.05, 4.69) is 0 Å². The molecule has 38 heavy (non-hydrogen) atoms. The van der Waals surface area contributed by atoms with Gasteiger partial charge < -0.3 is 9.84 Å². The largest absolute Gasteiger partial charge is 0.497 e. The zero-order valence-corrected chi connectivity index (χ0v) is 21.8. The number of hydrogen-bond acceptors (Lipinski definition) is 5. The normalized spacial score (nSPS) is 15.0. The first kappa shape index (κ1) is 25.4. The van der Waals surface area contributed by atoms with E-state index in [-0.39, 0.29) is 18.7 Å². The Balaban J connectivity index is 1.68. The number of rotatable bonds is 7. The highest BCUT2D eigenvalue weighted by atomic mass is 35.5. The molecule has 5 rings (SSSR count). The van der Waals surface area contributed by atoms with Gasteiger partial charge in [0.1, 0.15) is 5.75 Å². The smallest absolute Gasteiger partial charge is 0.303 e. The van der Waals surface area contributed by atoms with Crippen molar-refractivity contribution < 1.29 is 19.4 Å². The summed E-state index contributed by atoms with van der Waals surface area (Å²) in [5.74, 6) is -0.715. The number of hydrogen-bond donors (Lipinski definition) is 1. The molecule has 0 radical (unpaired) electrons. The number of pyridine rings is 1. The highest BCUT2D eigenvalue weighted by Gasteiger charge is 2.35. The third kappa shape index (κ3) is 4.97. The van der Waals surface area contributed by atoms with E-state index >= 15 is 0 Å². The van der Waals surface area contributed by atoms with Crippen molar-refractivity contribution in [3.63, 3.8) is 0 Å². The summed E-state index contributed by atoms with van der Waals surface area (Å²) in [6.45, 7) is 1.94. The molecule has 0 spiro atoms. The lowest BCUT2D eigenvalue weighted by Gasteiger charge is -2.22. The Labute approximate surface area is 225 Å². The number of ether oxygens (including phenoxy) is 1. The molecule has 192 valence electrons. The summed E-state index contributed by atoms with van der Waals surface area (Å²) < 4.78 is 5.42. The molecule has 1 N–H and O–H groups in total. The average Bonchev–Trinajstić information content (AvgIpc) is 3.36. The number of nitrogens with zero attached hydrogens (tertiary/aromatic N) is 3. The van der Waals surface area contributed by atoms with Gasteiger partial charge in [-0.1, -0.05) is 54.1 Å². The van der Waals surface area contributed by atoms with Gasteiger partial charge in [0.15, 0.2) is 0 Å². The van der Waals surface area contributed by atoms with Crippen LogP contribution in [0.25, 0.3) is 22.0 Å². The molecule has 2 heterocycles. The minimum Gasteiger partial charge on any atom is -0.497 e. The fraction of sp³-hybridized carbons (Fsp3) is 0.200. The van der Waals surface area contributed by atoms with Gasteiger partial charge in [0.2, 0.25) is 5.91 Å². The maximum Gasteiger partial charge on any atom is 0.303 e. The number of halogens is 1. The van der Waals surface area contributed by atoms with Crippen LogP contribution in [0.15, 0.2) is 77.9 Å². The van der Waals surface area contributed by atoms with Crippen LogP contribution in [0.2, 0.25) is 5.02 Å². The summed E-state index contributed by atoms with van der Waals surface area (Å²) in [5, 5.41) is 17.0. The van der Waals surface area contributed by atoms with Gasteiger partial charge in [-0.25, -0.2) is 5.01 Å². The van der Waals surface area contributed by atoms with Crippen molar-refractivity contribution in [2.45, 2.75) is 32.2 Å². The number of fused-ring (bicyclic) bond motifs is 1. The maximum atomic E-state index is 13.2. The Morgan fingerprint density at radius 2 is 1.79 bits per heavy atom. The molecule has 1 aromatic heterocycles. The number of para-hydroxylation sites is 1. The van der Waals surface area contributed by atoms with E-state index in [9.17, 15) is 9.59 Å². The van der Waals surface area contributed by atoms with Crippen molar-refractivity contribution in [2.24, 2.45) is 5.10 Å². The summed E-state index contributed by atoms with van der Waals surface area (Å²) in [5.41, 5.74) is 5.99. The number of aromatic nitrogens is 1. The number of carbonyl (C=O) groups excluding carboxylic acids is 1. The van der Waals surface area contributed by atoms with Crippen LogP contribution in [-0.4, -0.2) is 39.8 Å². The lowest BCUT2D eigenvalue weighted by atomic mass is 9.89. The fourth-order valence-electron chi connectivity index (χ4n) is 4.93. The van der Waals surface area contributed by atoms with Crippen molar-refractivity contribution in [3.8, 4) is 16.9 Å². The van der Waals surface area contributed by atoms with Crippen LogP contribution in [0.4, 0.5) is 0 Å². The summed E-state index contributed by atoms with van der Waals surface area (Å²) in [4.78, 5) is 29.3. The molecule has 3 aromatic carbocycles. The van der Waals surface area contributed by atoms with E-state index in [1.807, 2.05) is 79.7 Å². The lowest BCUT2D eigenvalue weighted by molar-refractivity contribution is -0.141. The van der Waals surface area contributed by atoms with Crippen LogP contribution in [0, 0.1) is 6.92 Å². The van der Waals surface area contributed by atoms with Crippen LogP contribution >= 0.6 is 11.6 Å². The molecular formula is C30H26ClN3O4. The van der Waals surface area contributed by atoms with Gasteiger partial charge in [0.05, 0.1) is 30.8 Å². The lowest BCUT2D eigenvalue weighted by Crippen LogP contribution is -2.27. The number of carboxylic acids is 1. The standard InChI is InChI=1S/C30H26ClN3O4/c1-18-29(30(19-10-12-21(31)13-11-19)23-8-3-4-9-24(23)32-18)25-17-26(20-6-5-7-22(16-20)38-2)34(33-25)27(35)14-15-28(36)37/h3-13,16,26H,14-15,17H2,1-2H3,(H,36,37)/t26-/m1/s1. The summed E-state index contributed by atoms with van der Waals surface area (Å²) in [6, 6.07) is 22.7. The van der Waals surface area contributed by atoms with Crippen molar-refractivity contribution in [3.05, 3.63) is 94.6 Å². The third-order valence-corrected chi connectivity index (χ3v) is 6.94. The topological polar surface area (TPSA) is 92.1 Å². The van der Waals surface area contributed by atoms with Gasteiger partial charge in [0, 0.05) is 40.1 Å². The Bertz CT molecular complexity index is 1570. The highest BCUT2D eigenvalue weighted by molar-refractivity contribution is 6.30. The molecule has 0 aliphatic carbocycles. The number of benzene rings is 3. The second kappa shape index (κ2) is 10.6. The molecule has 0 saturated heterocycles. The van der Waals surface area contributed by atoms with Crippen LogP contribution in [0.5, 0.6) is 5.75 Å². The van der Waals surface area contributed by atoms with Crippen LogP contribution in [0.3, 0.4) is 0 Å². The molecule has 7 nitrogen and oxygen atoms in total. The number of hydrazone groups is 1. The molecule has 1 amide bonds. The van der Waals surface area contributed by atoms with E-state index in [0.29, 0.717) is 22.9 Å². The Morgan fingerprint density at radius 1 is 1.03 bits per heavy atom. The molecule has 1 aliphatic rings. The Morgan fingerprint density at radius 3 is 2.53 bits per heavy atom. The quantitative estimate of drug-likeness (QED) is 0.299. The minimum atomic E-state index is -1.03. The summed E-state index contributed by atoms with van der Waals surface area (Å²) >= 11 is 6.20. The van der Waals surface area contributed by atoms with Gasteiger partial charge in [-0.3, -0.25) is 14.6 Å². The van der Waals surface area contributed by atoms with Crippen molar-refractivity contribution in [2.75, 3.05) is 7.11 Å². The first-order valence-corrected chi connectivity index (χ1v) is 12.6. The maximum absolute atomic E-state index is 13.2. The van der Waals surface area contributed by atoms with Gasteiger partial charge in [-0.2, -0.15) is 5.10 Å². The molecule has 0 fully saturated rings. The van der Waals surface area contributed by atoms with Gasteiger partial charge in [-0.05, 0) is 48.4 Å². The van der Waals surface area contributed by atoms with Crippen molar-refractivity contribution in [1.29, 1.82) is 0 Å². The van der Waals surface area contributed by atoms with E-state index in [1.54, 1.807) is 7.11 Å². The molecule has 0 saturated carbocycles. The van der Waals surface area contributed by atoms with E-state index < -0.39 is 12.0 Å². The Kier molecular flexibility index (Phi) is 7.11. The highest BCUT2D eigenvalue weighted by Crippen LogP contribution is 2.40. The summed E-state index contributed by atoms with van der Waals surface area (Å²) in [6.07, 6.45) is 0.0244. The van der Waals surface area contributed by atoms with Crippen LogP contribution in [0.1, 0.15) is 42.1 Å². The number of amides is 1. The fourth-order valence-corrected chi connectivity index (χ4v) is 5.06. The van der Waals surface area contributed by atoms with E-state index in [0.717, 1.165) is 38.9 Å².